The molecule has 1 aliphatic rings. The Balaban J connectivity index is 1.70. The molecule has 0 bridgehead atoms. The van der Waals surface area contributed by atoms with Crippen LogP contribution in [0.4, 0.5) is 17.3 Å². The van der Waals surface area contributed by atoms with Crippen LogP contribution in [0.2, 0.25) is 0 Å². The van der Waals surface area contributed by atoms with Gasteiger partial charge in [-0.2, -0.15) is 10.1 Å². The first-order valence-electron chi connectivity index (χ1n) is 6.29. The fraction of sp³-hybridized carbons (Fsp3) is 0.167. The van der Waals surface area contributed by atoms with Gasteiger partial charge in [0.15, 0.2) is 0 Å². The van der Waals surface area contributed by atoms with Crippen LogP contribution in [0.15, 0.2) is 30.6 Å². The molecule has 0 fully saturated rings. The molecule has 1 aliphatic heterocycles. The van der Waals surface area contributed by atoms with E-state index in [9.17, 15) is 19.7 Å². The summed E-state index contributed by atoms with van der Waals surface area (Å²) >= 11 is 0. The van der Waals surface area contributed by atoms with E-state index in [1.807, 2.05) is 0 Å². The molecule has 3 rings (SSSR count). The Morgan fingerprint density at radius 2 is 2.32 bits per heavy atom. The molecule has 0 saturated heterocycles. The van der Waals surface area contributed by atoms with Crippen LogP contribution in [0.1, 0.15) is 12.5 Å². The second-order valence-electron chi connectivity index (χ2n) is 4.59. The predicted molar refractivity (Wildman–Crippen MR) is 74.0 cm³/mol. The average Bonchev–Trinajstić information content (AvgIpc) is 3.02. The number of aromatic nitrogens is 3. The van der Waals surface area contributed by atoms with Gasteiger partial charge in [0.25, 0.3) is 11.6 Å². The third-order valence-electron chi connectivity index (χ3n) is 3.13. The molecule has 112 valence electrons. The number of nitro groups is 1. The summed E-state index contributed by atoms with van der Waals surface area (Å²) in [5, 5.41) is 19.6. The molecule has 10 heteroatoms. The molecule has 22 heavy (non-hydrogen) atoms. The number of amides is 2. The van der Waals surface area contributed by atoms with Gasteiger partial charge < -0.3 is 5.32 Å². The highest BCUT2D eigenvalue weighted by atomic mass is 16.6. The van der Waals surface area contributed by atoms with E-state index in [0.29, 0.717) is 0 Å². The van der Waals surface area contributed by atoms with Crippen molar-refractivity contribution in [3.63, 3.8) is 0 Å². The Hall–Kier alpha value is -3.30. The quantitative estimate of drug-likeness (QED) is 0.631. The van der Waals surface area contributed by atoms with Gasteiger partial charge >= 0.3 is 0 Å². The number of nitrogens with zero attached hydrogens (tertiary/aromatic N) is 4. The number of carbonyl (C=O) groups excluding carboxylic acids is 2. The lowest BCUT2D eigenvalue weighted by molar-refractivity contribution is -0.384. The molecule has 0 saturated carbocycles. The normalized spacial score (nSPS) is 16.0. The molecule has 2 heterocycles. The van der Waals surface area contributed by atoms with Gasteiger partial charge in [0.1, 0.15) is 12.4 Å². The first kappa shape index (κ1) is 13.7. The Bertz CT molecular complexity index is 770. The zero-order chi connectivity index (χ0) is 15.7. The summed E-state index contributed by atoms with van der Waals surface area (Å²) in [5.41, 5.74) is 0.159. The lowest BCUT2D eigenvalue weighted by Gasteiger charge is -2.09. The van der Waals surface area contributed by atoms with Crippen LogP contribution in [-0.4, -0.2) is 31.5 Å². The second kappa shape index (κ2) is 5.24. The molecule has 2 aromatic rings. The molecule has 0 unspecified atom stereocenters. The first-order valence-corrected chi connectivity index (χ1v) is 6.29. The van der Waals surface area contributed by atoms with E-state index in [-0.39, 0.29) is 29.7 Å². The number of anilines is 2. The zero-order valence-corrected chi connectivity index (χ0v) is 11.1. The number of non-ortho nitro benzene ring substituents is 1. The van der Waals surface area contributed by atoms with E-state index < -0.39 is 16.9 Å². The van der Waals surface area contributed by atoms with Gasteiger partial charge in [0.2, 0.25) is 11.9 Å². The number of hydrogen-bond donors (Lipinski definition) is 2. The van der Waals surface area contributed by atoms with Gasteiger partial charge in [-0.05, 0) is 6.07 Å². The molecule has 1 aromatic carbocycles. The molecule has 0 spiro atoms. The van der Waals surface area contributed by atoms with Crippen molar-refractivity contribution in [2.24, 2.45) is 0 Å². The van der Waals surface area contributed by atoms with Crippen LogP contribution in [0.25, 0.3) is 0 Å². The number of fused-ring (bicyclic) bond motifs is 1. The Kier molecular flexibility index (Phi) is 3.26. The van der Waals surface area contributed by atoms with E-state index >= 15 is 0 Å². The summed E-state index contributed by atoms with van der Waals surface area (Å²) in [7, 11) is 0. The van der Waals surface area contributed by atoms with Crippen LogP contribution >= 0.6 is 0 Å². The van der Waals surface area contributed by atoms with Crippen LogP contribution in [0.5, 0.6) is 0 Å². The van der Waals surface area contributed by atoms with Crippen molar-refractivity contribution in [3.8, 4) is 0 Å². The highest BCUT2D eigenvalue weighted by Crippen LogP contribution is 2.24. The van der Waals surface area contributed by atoms with Crippen molar-refractivity contribution in [1.29, 1.82) is 0 Å². The van der Waals surface area contributed by atoms with E-state index in [4.69, 9.17) is 0 Å². The maximum atomic E-state index is 12.0. The molecule has 0 radical (unpaired) electrons. The predicted octanol–water partition coefficient (Wildman–Crippen LogP) is 0.708. The Morgan fingerprint density at radius 1 is 1.50 bits per heavy atom. The monoisotopic (exact) mass is 302 g/mol. The molecule has 10 nitrogen and oxygen atoms in total. The lowest BCUT2D eigenvalue weighted by atomic mass is 10.2. The maximum Gasteiger partial charge on any atom is 0.271 e. The van der Waals surface area contributed by atoms with Crippen molar-refractivity contribution >= 4 is 29.1 Å². The summed E-state index contributed by atoms with van der Waals surface area (Å²) in [6.45, 7) is 0. The van der Waals surface area contributed by atoms with Gasteiger partial charge in [-0.15, -0.1) is 0 Å². The minimum absolute atomic E-state index is 0.130. The maximum absolute atomic E-state index is 12.0. The number of rotatable bonds is 4. The minimum Gasteiger partial charge on any atom is -0.326 e. The van der Waals surface area contributed by atoms with Crippen LogP contribution in [0.3, 0.4) is 0 Å². The van der Waals surface area contributed by atoms with Crippen LogP contribution < -0.4 is 10.6 Å². The SMILES string of the molecule is O=C(C[C@H]1C(=O)Nc2ncnn21)Nc1cccc([N+](=O)[O-])c1. The van der Waals surface area contributed by atoms with Gasteiger partial charge in [-0.3, -0.25) is 25.0 Å². The van der Waals surface area contributed by atoms with Crippen LogP contribution in [-0.2, 0) is 9.59 Å². The summed E-state index contributed by atoms with van der Waals surface area (Å²) < 4.78 is 1.33. The smallest absolute Gasteiger partial charge is 0.271 e. The summed E-state index contributed by atoms with van der Waals surface area (Å²) in [5.74, 6) is -0.535. The van der Waals surface area contributed by atoms with E-state index in [1.54, 1.807) is 0 Å². The molecule has 2 N–H and O–H groups in total. The Morgan fingerprint density at radius 3 is 3.09 bits per heavy atom. The van der Waals surface area contributed by atoms with Crippen molar-refractivity contribution in [1.82, 2.24) is 14.8 Å². The van der Waals surface area contributed by atoms with Crippen molar-refractivity contribution in [2.75, 3.05) is 10.6 Å². The number of carbonyl (C=O) groups is 2. The molecule has 1 atom stereocenters. The van der Waals surface area contributed by atoms with Gasteiger partial charge in [0, 0.05) is 17.8 Å². The molecule has 0 aliphatic carbocycles. The number of hydrogen-bond acceptors (Lipinski definition) is 6. The molecule has 1 aromatic heterocycles. The molecular weight excluding hydrogens is 292 g/mol. The fourth-order valence-electron chi connectivity index (χ4n) is 2.14. The van der Waals surface area contributed by atoms with E-state index in [1.165, 1.54) is 35.3 Å². The first-order chi connectivity index (χ1) is 10.5. The van der Waals surface area contributed by atoms with Crippen molar-refractivity contribution in [3.05, 3.63) is 40.7 Å². The highest BCUT2D eigenvalue weighted by Gasteiger charge is 2.33. The minimum atomic E-state index is -0.781. The van der Waals surface area contributed by atoms with E-state index in [0.717, 1.165) is 0 Å². The van der Waals surface area contributed by atoms with Gasteiger partial charge in [-0.1, -0.05) is 6.07 Å². The molecule has 2 amide bonds. The van der Waals surface area contributed by atoms with Crippen LogP contribution in [0, 0.1) is 10.1 Å². The fourth-order valence-corrected chi connectivity index (χ4v) is 2.14. The summed E-state index contributed by atoms with van der Waals surface area (Å²) in [6, 6.07) is 4.78. The second-order valence-corrected chi connectivity index (χ2v) is 4.59. The average molecular weight is 302 g/mol. The third-order valence-corrected chi connectivity index (χ3v) is 3.13. The largest absolute Gasteiger partial charge is 0.326 e. The number of nitro benzene ring substituents is 1. The molecular formula is C12H10N6O4. The topological polar surface area (TPSA) is 132 Å². The van der Waals surface area contributed by atoms with Gasteiger partial charge in [0.05, 0.1) is 11.3 Å². The Labute approximate surface area is 123 Å². The van der Waals surface area contributed by atoms with Crippen molar-refractivity contribution < 1.29 is 14.5 Å². The van der Waals surface area contributed by atoms with Gasteiger partial charge in [-0.25, -0.2) is 4.68 Å². The highest BCUT2D eigenvalue weighted by molar-refractivity contribution is 6.00. The number of nitrogens with one attached hydrogen (secondary N) is 2. The summed E-state index contributed by atoms with van der Waals surface area (Å²) in [4.78, 5) is 37.7. The van der Waals surface area contributed by atoms with Crippen molar-refractivity contribution in [2.45, 2.75) is 12.5 Å². The van der Waals surface area contributed by atoms with E-state index in [2.05, 4.69) is 20.7 Å². The zero-order valence-electron chi connectivity index (χ0n) is 11.1. The third kappa shape index (κ3) is 2.49. The summed E-state index contributed by atoms with van der Waals surface area (Å²) in [6.07, 6.45) is 1.13. The number of benzene rings is 1. The standard InChI is InChI=1S/C12H10N6O4/c19-10(15-7-2-1-3-8(4-7)18(21)22)5-9-11(20)16-12-13-6-14-17(9)12/h1-4,6,9H,5H2,(H,15,19)(H,13,14,16,20)/t9-/m0/s1. The lowest BCUT2D eigenvalue weighted by Crippen LogP contribution is -2.23.